The van der Waals surface area contributed by atoms with E-state index in [1.54, 1.807) is 12.4 Å². The van der Waals surface area contributed by atoms with Gasteiger partial charge in [0.1, 0.15) is 0 Å². The molecule has 78 valence electrons. The van der Waals surface area contributed by atoms with Crippen molar-refractivity contribution in [2.45, 2.75) is 13.5 Å². The molecule has 6 heteroatoms. The minimum Gasteiger partial charge on any atom is -0.390 e. The summed E-state index contributed by atoms with van der Waals surface area (Å²) in [6.07, 6.45) is 3.55. The summed E-state index contributed by atoms with van der Waals surface area (Å²) < 4.78 is 4.97. The zero-order chi connectivity index (χ0) is 10.7. The second-order valence-corrected chi connectivity index (χ2v) is 3.10. The minimum atomic E-state index is 0.0592. The minimum absolute atomic E-state index is 0.0592. The normalized spacial score (nSPS) is 10.2. The number of aromatic nitrogens is 3. The Morgan fingerprint density at radius 1 is 1.47 bits per heavy atom. The quantitative estimate of drug-likeness (QED) is 0.775. The lowest BCUT2D eigenvalue weighted by Gasteiger charge is -2.03. The molecule has 0 spiro atoms. The van der Waals surface area contributed by atoms with Crippen LogP contribution in [0.25, 0.3) is 0 Å². The first kappa shape index (κ1) is 9.45. The van der Waals surface area contributed by atoms with Gasteiger partial charge in [-0.25, -0.2) is 0 Å². The van der Waals surface area contributed by atoms with E-state index < -0.39 is 0 Å². The molecular formula is C9H11N5O. The smallest absolute Gasteiger partial charge is 0.317 e. The van der Waals surface area contributed by atoms with E-state index >= 15 is 0 Å². The molecule has 3 N–H and O–H groups in total. The summed E-state index contributed by atoms with van der Waals surface area (Å²) in [7, 11) is 0. The monoisotopic (exact) mass is 205 g/mol. The van der Waals surface area contributed by atoms with Crippen molar-refractivity contribution in [3.63, 3.8) is 0 Å². The predicted molar refractivity (Wildman–Crippen MR) is 55.0 cm³/mol. The number of aryl methyl sites for hydroxylation is 1. The molecule has 0 fully saturated rings. The molecule has 0 bridgehead atoms. The summed E-state index contributed by atoms with van der Waals surface area (Å²) in [5.41, 5.74) is 7.52. The Kier molecular flexibility index (Phi) is 2.49. The number of nitrogens with one attached hydrogen (secondary N) is 1. The number of hydrogen-bond acceptors (Lipinski definition) is 6. The number of pyridine rings is 1. The number of hydrogen-bond donors (Lipinski definition) is 2. The third-order valence-corrected chi connectivity index (χ3v) is 2.01. The van der Waals surface area contributed by atoms with Crippen LogP contribution in [0.15, 0.2) is 22.9 Å². The summed E-state index contributed by atoms with van der Waals surface area (Å²) in [5.74, 6) is 0. The van der Waals surface area contributed by atoms with E-state index in [1.807, 2.05) is 13.0 Å². The SMILES string of the molecule is Cc1cnccc1CNc1nnc(N)o1. The van der Waals surface area contributed by atoms with Gasteiger partial charge in [-0.15, -0.1) is 0 Å². The van der Waals surface area contributed by atoms with Crippen molar-refractivity contribution in [3.8, 4) is 0 Å². The van der Waals surface area contributed by atoms with Gasteiger partial charge in [0.2, 0.25) is 0 Å². The molecule has 2 heterocycles. The van der Waals surface area contributed by atoms with Crippen LogP contribution in [-0.2, 0) is 6.54 Å². The van der Waals surface area contributed by atoms with Crippen LogP contribution in [0, 0.1) is 6.92 Å². The van der Waals surface area contributed by atoms with Crippen molar-refractivity contribution < 1.29 is 4.42 Å². The van der Waals surface area contributed by atoms with Crippen LogP contribution in [-0.4, -0.2) is 15.2 Å². The Hall–Kier alpha value is -2.11. The third kappa shape index (κ3) is 2.22. The van der Waals surface area contributed by atoms with Crippen molar-refractivity contribution in [3.05, 3.63) is 29.6 Å². The maximum atomic E-state index is 5.29. The van der Waals surface area contributed by atoms with Gasteiger partial charge in [0.05, 0.1) is 0 Å². The van der Waals surface area contributed by atoms with Crippen LogP contribution in [0.2, 0.25) is 0 Å². The molecular weight excluding hydrogens is 194 g/mol. The van der Waals surface area contributed by atoms with Crippen molar-refractivity contribution in [1.82, 2.24) is 15.2 Å². The third-order valence-electron chi connectivity index (χ3n) is 2.01. The van der Waals surface area contributed by atoms with Gasteiger partial charge in [-0.2, -0.15) is 0 Å². The van der Waals surface area contributed by atoms with Crippen LogP contribution in [0.3, 0.4) is 0 Å². The van der Waals surface area contributed by atoms with Gasteiger partial charge in [-0.05, 0) is 24.1 Å². The van der Waals surface area contributed by atoms with Gasteiger partial charge in [0.25, 0.3) is 0 Å². The molecule has 0 saturated heterocycles. The first-order valence-electron chi connectivity index (χ1n) is 4.48. The summed E-state index contributed by atoms with van der Waals surface area (Å²) in [4.78, 5) is 4.00. The maximum Gasteiger partial charge on any atom is 0.317 e. The highest BCUT2D eigenvalue weighted by molar-refractivity contribution is 5.28. The summed E-state index contributed by atoms with van der Waals surface area (Å²) in [6.45, 7) is 2.60. The number of nitrogen functional groups attached to an aromatic ring is 1. The van der Waals surface area contributed by atoms with E-state index in [4.69, 9.17) is 10.2 Å². The molecule has 2 aromatic rings. The topological polar surface area (TPSA) is 89.9 Å². The fraction of sp³-hybridized carbons (Fsp3) is 0.222. The van der Waals surface area contributed by atoms with Gasteiger partial charge in [-0.1, -0.05) is 10.2 Å². The molecule has 0 aliphatic heterocycles. The zero-order valence-corrected chi connectivity index (χ0v) is 8.27. The van der Waals surface area contributed by atoms with Crippen LogP contribution >= 0.6 is 0 Å². The number of nitrogens with zero attached hydrogens (tertiary/aromatic N) is 3. The second-order valence-electron chi connectivity index (χ2n) is 3.10. The zero-order valence-electron chi connectivity index (χ0n) is 8.27. The molecule has 0 aliphatic carbocycles. The molecule has 2 rings (SSSR count). The highest BCUT2D eigenvalue weighted by Crippen LogP contribution is 2.10. The van der Waals surface area contributed by atoms with E-state index in [0.717, 1.165) is 11.1 Å². The molecule has 0 atom stereocenters. The molecule has 0 radical (unpaired) electrons. The molecule has 0 aliphatic rings. The van der Waals surface area contributed by atoms with Crippen LogP contribution in [0.4, 0.5) is 12.0 Å². The van der Waals surface area contributed by atoms with Crippen LogP contribution in [0.1, 0.15) is 11.1 Å². The predicted octanol–water partition coefficient (Wildman–Crippen LogP) is 0.967. The average Bonchev–Trinajstić information content (AvgIpc) is 2.63. The van der Waals surface area contributed by atoms with Gasteiger partial charge >= 0.3 is 12.0 Å². The van der Waals surface area contributed by atoms with E-state index in [0.29, 0.717) is 12.6 Å². The molecule has 0 unspecified atom stereocenters. The number of anilines is 2. The summed E-state index contributed by atoms with van der Waals surface area (Å²) >= 11 is 0. The molecule has 2 aromatic heterocycles. The summed E-state index contributed by atoms with van der Waals surface area (Å²) in [6, 6.07) is 2.31. The van der Waals surface area contributed by atoms with Crippen molar-refractivity contribution >= 4 is 12.0 Å². The molecule has 0 amide bonds. The van der Waals surface area contributed by atoms with Crippen molar-refractivity contribution in [2.75, 3.05) is 11.1 Å². The Morgan fingerprint density at radius 3 is 3.00 bits per heavy atom. The van der Waals surface area contributed by atoms with Crippen LogP contribution < -0.4 is 11.1 Å². The Morgan fingerprint density at radius 2 is 2.33 bits per heavy atom. The van der Waals surface area contributed by atoms with Crippen LogP contribution in [0.5, 0.6) is 0 Å². The Bertz CT molecular complexity index is 453. The average molecular weight is 205 g/mol. The van der Waals surface area contributed by atoms with E-state index in [1.165, 1.54) is 0 Å². The first-order valence-corrected chi connectivity index (χ1v) is 4.48. The summed E-state index contributed by atoms with van der Waals surface area (Å²) in [5, 5.41) is 10.2. The Labute approximate surface area is 86.5 Å². The second kappa shape index (κ2) is 3.95. The number of nitrogens with two attached hydrogens (primary N) is 1. The largest absolute Gasteiger partial charge is 0.390 e. The van der Waals surface area contributed by atoms with E-state index in [-0.39, 0.29) is 6.01 Å². The molecule has 0 saturated carbocycles. The Balaban J connectivity index is 2.02. The maximum absolute atomic E-state index is 5.29. The molecule has 6 nitrogen and oxygen atoms in total. The lowest BCUT2D eigenvalue weighted by atomic mass is 10.2. The number of rotatable bonds is 3. The van der Waals surface area contributed by atoms with Gasteiger partial charge in [0.15, 0.2) is 0 Å². The fourth-order valence-corrected chi connectivity index (χ4v) is 1.18. The highest BCUT2D eigenvalue weighted by atomic mass is 16.4. The van der Waals surface area contributed by atoms with Crippen molar-refractivity contribution in [1.29, 1.82) is 0 Å². The standard InChI is InChI=1S/C9H11N5O/c1-6-4-11-3-2-7(6)5-12-9-14-13-8(10)15-9/h2-4H,5H2,1H3,(H2,10,13)(H,12,14). The molecule has 15 heavy (non-hydrogen) atoms. The van der Waals surface area contributed by atoms with Gasteiger partial charge in [0, 0.05) is 18.9 Å². The lowest BCUT2D eigenvalue weighted by molar-refractivity contribution is 0.586. The van der Waals surface area contributed by atoms with Gasteiger partial charge < -0.3 is 15.5 Å². The van der Waals surface area contributed by atoms with E-state index in [2.05, 4.69) is 20.5 Å². The highest BCUT2D eigenvalue weighted by Gasteiger charge is 2.02. The fourth-order valence-electron chi connectivity index (χ4n) is 1.18. The molecule has 0 aromatic carbocycles. The lowest BCUT2D eigenvalue weighted by Crippen LogP contribution is -2.01. The van der Waals surface area contributed by atoms with E-state index in [9.17, 15) is 0 Å². The first-order chi connectivity index (χ1) is 7.25. The van der Waals surface area contributed by atoms with Crippen molar-refractivity contribution in [2.24, 2.45) is 0 Å². The van der Waals surface area contributed by atoms with Gasteiger partial charge in [-0.3, -0.25) is 4.98 Å².